The first-order valence-corrected chi connectivity index (χ1v) is 4.86. The normalized spacial score (nSPS) is 10.9. The zero-order valence-corrected chi connectivity index (χ0v) is 8.83. The molecule has 0 aromatic rings. The Bertz CT molecular complexity index is 227. The minimum atomic E-state index is -0.380. The second kappa shape index (κ2) is 9.01. The zero-order chi connectivity index (χ0) is 11.5. The van der Waals surface area contributed by atoms with E-state index < -0.39 is 0 Å². The van der Waals surface area contributed by atoms with Crippen molar-refractivity contribution in [3.8, 4) is 0 Å². The molecule has 6 N–H and O–H groups in total. The maximum atomic E-state index is 11.1. The summed E-state index contributed by atoms with van der Waals surface area (Å²) in [6.45, 7) is 5.08. The van der Waals surface area contributed by atoms with Gasteiger partial charge in [0.05, 0.1) is 0 Å². The van der Waals surface area contributed by atoms with Gasteiger partial charge in [0.15, 0.2) is 5.96 Å². The molecule has 0 fully saturated rings. The van der Waals surface area contributed by atoms with Gasteiger partial charge in [0.2, 0.25) is 0 Å². The number of amides is 2. The van der Waals surface area contributed by atoms with Gasteiger partial charge in [-0.1, -0.05) is 6.08 Å². The molecule has 0 aromatic heterocycles. The molecule has 0 saturated carbocycles. The fourth-order valence-corrected chi connectivity index (χ4v) is 0.821. The first kappa shape index (κ1) is 13.4. The highest BCUT2D eigenvalue weighted by atomic mass is 16.2. The van der Waals surface area contributed by atoms with Gasteiger partial charge in [-0.15, -0.1) is 6.58 Å². The standard InChI is InChI=1S/C9H19N5O/c1-2-6-13-9(15)14-8(11)12-7-4-3-5-10/h2H,1,3-7,10H2,(H4,11,12,13,14,15). The number of aliphatic imine (C=N–C) groups is 1. The summed E-state index contributed by atoms with van der Waals surface area (Å²) in [6.07, 6.45) is 3.35. The second-order valence-electron chi connectivity index (χ2n) is 2.89. The quantitative estimate of drug-likeness (QED) is 0.207. The number of unbranched alkanes of at least 4 members (excludes halogenated alkanes) is 1. The summed E-state index contributed by atoms with van der Waals surface area (Å²) in [5.74, 6) is 0.119. The molecule has 0 spiro atoms. The molecule has 0 unspecified atom stereocenters. The Balaban J connectivity index is 3.65. The van der Waals surface area contributed by atoms with Gasteiger partial charge in [-0.25, -0.2) is 4.79 Å². The van der Waals surface area contributed by atoms with E-state index in [1.54, 1.807) is 6.08 Å². The first-order valence-electron chi connectivity index (χ1n) is 4.86. The minimum Gasteiger partial charge on any atom is -0.370 e. The van der Waals surface area contributed by atoms with E-state index in [0.717, 1.165) is 12.8 Å². The lowest BCUT2D eigenvalue weighted by molar-refractivity contribution is 0.246. The number of rotatable bonds is 6. The average molecular weight is 213 g/mol. The van der Waals surface area contributed by atoms with Crippen molar-refractivity contribution in [1.29, 1.82) is 0 Å². The Labute approximate surface area is 89.8 Å². The van der Waals surface area contributed by atoms with Crippen molar-refractivity contribution < 1.29 is 4.79 Å². The van der Waals surface area contributed by atoms with Gasteiger partial charge >= 0.3 is 6.03 Å². The van der Waals surface area contributed by atoms with Gasteiger partial charge < -0.3 is 16.8 Å². The van der Waals surface area contributed by atoms with E-state index in [2.05, 4.69) is 22.2 Å². The maximum absolute atomic E-state index is 11.1. The summed E-state index contributed by atoms with van der Waals surface area (Å²) >= 11 is 0. The summed E-state index contributed by atoms with van der Waals surface area (Å²) in [5.41, 5.74) is 10.8. The fourth-order valence-electron chi connectivity index (χ4n) is 0.821. The molecule has 0 radical (unpaired) electrons. The topological polar surface area (TPSA) is 106 Å². The maximum Gasteiger partial charge on any atom is 0.321 e. The van der Waals surface area contributed by atoms with Crippen LogP contribution in [0, 0.1) is 0 Å². The summed E-state index contributed by atoms with van der Waals surface area (Å²) in [4.78, 5) is 15.0. The van der Waals surface area contributed by atoms with E-state index in [-0.39, 0.29) is 12.0 Å². The van der Waals surface area contributed by atoms with Gasteiger partial charge in [0.1, 0.15) is 0 Å². The third-order valence-electron chi connectivity index (χ3n) is 1.54. The largest absolute Gasteiger partial charge is 0.370 e. The van der Waals surface area contributed by atoms with Crippen LogP contribution >= 0.6 is 0 Å². The number of carbonyl (C=O) groups excluding carboxylic acids is 1. The van der Waals surface area contributed by atoms with Crippen molar-refractivity contribution in [2.24, 2.45) is 16.5 Å². The molecule has 86 valence electrons. The SMILES string of the molecule is C=CCNC(=O)NC(N)=NCCCCN. The highest BCUT2D eigenvalue weighted by molar-refractivity contribution is 5.95. The lowest BCUT2D eigenvalue weighted by atomic mass is 10.3. The van der Waals surface area contributed by atoms with Crippen LogP contribution in [-0.2, 0) is 0 Å². The number of hydrogen-bond donors (Lipinski definition) is 4. The van der Waals surface area contributed by atoms with Crippen LogP contribution in [0.1, 0.15) is 12.8 Å². The average Bonchev–Trinajstić information content (AvgIpc) is 2.21. The third kappa shape index (κ3) is 8.76. The molecule has 0 heterocycles. The van der Waals surface area contributed by atoms with Crippen LogP contribution in [0.2, 0.25) is 0 Å². The summed E-state index contributed by atoms with van der Waals surface area (Å²) < 4.78 is 0. The molecule has 0 rings (SSSR count). The first-order chi connectivity index (χ1) is 7.20. The van der Waals surface area contributed by atoms with Crippen molar-refractivity contribution >= 4 is 12.0 Å². The van der Waals surface area contributed by atoms with Crippen LogP contribution in [0.3, 0.4) is 0 Å². The van der Waals surface area contributed by atoms with E-state index in [4.69, 9.17) is 11.5 Å². The molecule has 15 heavy (non-hydrogen) atoms. The predicted octanol–water partition coefficient (Wildman–Crippen LogP) is -0.475. The van der Waals surface area contributed by atoms with Crippen LogP contribution < -0.4 is 22.1 Å². The van der Waals surface area contributed by atoms with Gasteiger partial charge in [-0.3, -0.25) is 10.3 Å². The van der Waals surface area contributed by atoms with Gasteiger partial charge in [-0.05, 0) is 19.4 Å². The van der Waals surface area contributed by atoms with E-state index in [1.165, 1.54) is 0 Å². The van der Waals surface area contributed by atoms with Gasteiger partial charge in [-0.2, -0.15) is 0 Å². The number of nitrogens with two attached hydrogens (primary N) is 2. The monoisotopic (exact) mass is 213 g/mol. The summed E-state index contributed by atoms with van der Waals surface area (Å²) in [7, 11) is 0. The highest BCUT2D eigenvalue weighted by Gasteiger charge is 1.99. The Morgan fingerprint density at radius 3 is 2.80 bits per heavy atom. The van der Waals surface area contributed by atoms with Crippen molar-refractivity contribution in [3.63, 3.8) is 0 Å². The lowest BCUT2D eigenvalue weighted by Gasteiger charge is -2.04. The van der Waals surface area contributed by atoms with E-state index in [9.17, 15) is 4.79 Å². The molecule has 0 aliphatic carbocycles. The predicted molar refractivity (Wildman–Crippen MR) is 61.5 cm³/mol. The van der Waals surface area contributed by atoms with Gasteiger partial charge in [0, 0.05) is 13.1 Å². The molecule has 6 nitrogen and oxygen atoms in total. The number of urea groups is 1. The molecular formula is C9H19N5O. The number of hydrogen-bond acceptors (Lipinski definition) is 3. The van der Waals surface area contributed by atoms with Gasteiger partial charge in [0.25, 0.3) is 0 Å². The zero-order valence-electron chi connectivity index (χ0n) is 8.83. The molecule has 2 amide bonds. The molecule has 0 aliphatic heterocycles. The van der Waals surface area contributed by atoms with Crippen molar-refractivity contribution in [1.82, 2.24) is 10.6 Å². The molecule has 6 heteroatoms. The third-order valence-corrected chi connectivity index (χ3v) is 1.54. The fraction of sp³-hybridized carbons (Fsp3) is 0.556. The summed E-state index contributed by atoms with van der Waals surface area (Å²) in [6, 6.07) is -0.380. The summed E-state index contributed by atoms with van der Waals surface area (Å²) in [5, 5.41) is 4.91. The number of carbonyl (C=O) groups is 1. The van der Waals surface area contributed by atoms with Crippen LogP contribution in [0.15, 0.2) is 17.6 Å². The Morgan fingerprint density at radius 2 is 2.20 bits per heavy atom. The number of guanidine groups is 1. The lowest BCUT2D eigenvalue weighted by Crippen LogP contribution is -2.43. The molecule has 0 saturated heterocycles. The Morgan fingerprint density at radius 1 is 1.47 bits per heavy atom. The molecule has 0 bridgehead atoms. The minimum absolute atomic E-state index is 0.119. The van der Waals surface area contributed by atoms with Crippen LogP contribution in [0.25, 0.3) is 0 Å². The highest BCUT2D eigenvalue weighted by Crippen LogP contribution is 1.85. The van der Waals surface area contributed by atoms with E-state index >= 15 is 0 Å². The van der Waals surface area contributed by atoms with Crippen molar-refractivity contribution in [3.05, 3.63) is 12.7 Å². The van der Waals surface area contributed by atoms with Crippen molar-refractivity contribution in [2.45, 2.75) is 12.8 Å². The Kier molecular flexibility index (Phi) is 8.08. The van der Waals surface area contributed by atoms with E-state index in [0.29, 0.717) is 19.6 Å². The second-order valence-corrected chi connectivity index (χ2v) is 2.89. The van der Waals surface area contributed by atoms with Crippen LogP contribution in [0.5, 0.6) is 0 Å². The molecule has 0 aromatic carbocycles. The van der Waals surface area contributed by atoms with Crippen molar-refractivity contribution in [2.75, 3.05) is 19.6 Å². The molecule has 0 aliphatic rings. The smallest absolute Gasteiger partial charge is 0.321 e. The number of nitrogens with one attached hydrogen (secondary N) is 2. The van der Waals surface area contributed by atoms with E-state index in [1.807, 2.05) is 0 Å². The number of nitrogens with zero attached hydrogens (tertiary/aromatic N) is 1. The molecule has 0 atom stereocenters. The van der Waals surface area contributed by atoms with Crippen LogP contribution in [-0.4, -0.2) is 31.6 Å². The van der Waals surface area contributed by atoms with Crippen LogP contribution in [0.4, 0.5) is 4.79 Å². The molecular weight excluding hydrogens is 194 g/mol. The Hall–Kier alpha value is -1.56.